The summed E-state index contributed by atoms with van der Waals surface area (Å²) >= 11 is 6.30. The van der Waals surface area contributed by atoms with E-state index in [0.29, 0.717) is 12.0 Å². The lowest BCUT2D eigenvalue weighted by Crippen LogP contribution is -2.50. The van der Waals surface area contributed by atoms with Crippen LogP contribution in [0, 0.1) is 5.92 Å². The number of benzene rings is 1. The predicted octanol–water partition coefficient (Wildman–Crippen LogP) is 3.49. The molecule has 0 aliphatic carbocycles. The number of aliphatic carboxylic acids is 1. The topological polar surface area (TPSA) is 43.8 Å². The van der Waals surface area contributed by atoms with Gasteiger partial charge in [-0.25, -0.2) is 0 Å². The average molecular weight is 351 g/mol. The van der Waals surface area contributed by atoms with Gasteiger partial charge in [-0.3, -0.25) is 9.69 Å². The Balaban J connectivity index is 1.64. The number of carbonyl (C=O) groups is 1. The van der Waals surface area contributed by atoms with Gasteiger partial charge in [0.2, 0.25) is 0 Å². The molecule has 0 bridgehead atoms. The lowest BCUT2D eigenvalue weighted by atomic mass is 9.87. The van der Waals surface area contributed by atoms with E-state index in [-0.39, 0.29) is 6.42 Å². The highest BCUT2D eigenvalue weighted by Crippen LogP contribution is 2.30. The molecule has 0 unspecified atom stereocenters. The highest BCUT2D eigenvalue weighted by atomic mass is 35.5. The molecule has 1 aromatic rings. The maximum atomic E-state index is 11.0. The van der Waals surface area contributed by atoms with Crippen LogP contribution in [0.2, 0.25) is 5.02 Å². The van der Waals surface area contributed by atoms with Gasteiger partial charge in [0.25, 0.3) is 0 Å². The second-order valence-corrected chi connectivity index (χ2v) is 7.53. The number of likely N-dealkylation sites (tertiary alicyclic amines) is 2. The zero-order chi connectivity index (χ0) is 16.9. The van der Waals surface area contributed by atoms with Gasteiger partial charge in [0.15, 0.2) is 0 Å². The Labute approximate surface area is 149 Å². The molecule has 2 heterocycles. The molecular formula is C19H27ClN2O2. The molecule has 2 fully saturated rings. The quantitative estimate of drug-likeness (QED) is 0.852. The molecule has 2 saturated heterocycles. The molecular weight excluding hydrogens is 324 g/mol. The second kappa shape index (κ2) is 8.32. The fourth-order valence-corrected chi connectivity index (χ4v) is 4.45. The van der Waals surface area contributed by atoms with Gasteiger partial charge >= 0.3 is 5.97 Å². The van der Waals surface area contributed by atoms with Crippen molar-refractivity contribution >= 4 is 17.6 Å². The van der Waals surface area contributed by atoms with Crippen molar-refractivity contribution in [2.45, 2.75) is 44.7 Å². The molecule has 3 rings (SSSR count). The average Bonchev–Trinajstić information content (AvgIpc) is 3.09. The van der Waals surface area contributed by atoms with Gasteiger partial charge in [-0.1, -0.05) is 29.8 Å². The normalized spacial score (nSPS) is 25.9. The van der Waals surface area contributed by atoms with Crippen LogP contribution in [0.1, 0.15) is 37.7 Å². The van der Waals surface area contributed by atoms with Crippen LogP contribution in [0.5, 0.6) is 0 Å². The van der Waals surface area contributed by atoms with Crippen molar-refractivity contribution < 1.29 is 9.90 Å². The summed E-state index contributed by atoms with van der Waals surface area (Å²) in [6, 6.07) is 8.56. The maximum Gasteiger partial charge on any atom is 0.303 e. The highest BCUT2D eigenvalue weighted by Gasteiger charge is 2.34. The van der Waals surface area contributed by atoms with Crippen LogP contribution in [0.4, 0.5) is 0 Å². The fourth-order valence-electron chi connectivity index (χ4n) is 4.25. The lowest BCUT2D eigenvalue weighted by Gasteiger charge is -2.43. The van der Waals surface area contributed by atoms with E-state index in [0.717, 1.165) is 43.1 Å². The summed E-state index contributed by atoms with van der Waals surface area (Å²) < 4.78 is 0. The van der Waals surface area contributed by atoms with Crippen molar-refractivity contribution in [1.82, 2.24) is 9.80 Å². The van der Waals surface area contributed by atoms with E-state index < -0.39 is 5.97 Å². The van der Waals surface area contributed by atoms with E-state index in [4.69, 9.17) is 16.7 Å². The highest BCUT2D eigenvalue weighted by molar-refractivity contribution is 6.31. The third-order valence-electron chi connectivity index (χ3n) is 5.47. The lowest BCUT2D eigenvalue weighted by molar-refractivity contribution is -0.137. The smallest absolute Gasteiger partial charge is 0.303 e. The van der Waals surface area contributed by atoms with Crippen molar-refractivity contribution in [3.8, 4) is 0 Å². The van der Waals surface area contributed by atoms with E-state index >= 15 is 0 Å². The number of nitrogens with zero attached hydrogens (tertiary/aromatic N) is 2. The first-order chi connectivity index (χ1) is 11.6. The van der Waals surface area contributed by atoms with Gasteiger partial charge in [0.1, 0.15) is 0 Å². The molecule has 0 amide bonds. The Morgan fingerprint density at radius 2 is 1.96 bits per heavy atom. The van der Waals surface area contributed by atoms with Gasteiger partial charge in [-0.15, -0.1) is 0 Å². The molecule has 1 aromatic carbocycles. The minimum atomic E-state index is -0.682. The fraction of sp³-hybridized carbons (Fsp3) is 0.632. The summed E-state index contributed by atoms with van der Waals surface area (Å²) in [6.45, 7) is 5.25. The number of hydrogen-bond donors (Lipinski definition) is 1. The van der Waals surface area contributed by atoms with Crippen molar-refractivity contribution in [1.29, 1.82) is 0 Å². The van der Waals surface area contributed by atoms with E-state index in [1.807, 2.05) is 18.2 Å². The molecule has 0 saturated carbocycles. The maximum absolute atomic E-state index is 11.0. The summed E-state index contributed by atoms with van der Waals surface area (Å²) in [5.41, 5.74) is 1.16. The summed E-state index contributed by atoms with van der Waals surface area (Å²) in [5, 5.41) is 9.91. The van der Waals surface area contributed by atoms with Crippen LogP contribution in [0.15, 0.2) is 24.3 Å². The Hall–Kier alpha value is -1.10. The van der Waals surface area contributed by atoms with Gasteiger partial charge < -0.3 is 10.0 Å². The van der Waals surface area contributed by atoms with Crippen LogP contribution in [0.3, 0.4) is 0 Å². The number of halogens is 1. The van der Waals surface area contributed by atoms with Crippen molar-refractivity contribution in [3.63, 3.8) is 0 Å². The third-order valence-corrected chi connectivity index (χ3v) is 5.84. The van der Waals surface area contributed by atoms with Gasteiger partial charge in [0, 0.05) is 30.6 Å². The summed E-state index contributed by atoms with van der Waals surface area (Å²) in [5.74, 6) is -0.242. The third kappa shape index (κ3) is 4.50. The monoisotopic (exact) mass is 350 g/mol. The van der Waals surface area contributed by atoms with E-state index in [1.165, 1.54) is 25.9 Å². The Kier molecular flexibility index (Phi) is 6.14. The number of carboxylic acid groups (broad SMARTS) is 1. The molecule has 2 aliphatic rings. The van der Waals surface area contributed by atoms with Gasteiger partial charge in [-0.05, 0) is 62.9 Å². The Morgan fingerprint density at radius 3 is 2.67 bits per heavy atom. The van der Waals surface area contributed by atoms with E-state index in [9.17, 15) is 4.79 Å². The Bertz CT molecular complexity index is 560. The molecule has 0 radical (unpaired) electrons. The summed E-state index contributed by atoms with van der Waals surface area (Å²) in [7, 11) is 0. The van der Waals surface area contributed by atoms with Crippen LogP contribution >= 0.6 is 11.6 Å². The van der Waals surface area contributed by atoms with Gasteiger partial charge in [0.05, 0.1) is 0 Å². The van der Waals surface area contributed by atoms with Crippen LogP contribution < -0.4 is 0 Å². The molecule has 1 N–H and O–H groups in total. The first kappa shape index (κ1) is 17.7. The standard InChI is InChI=1S/C19H27ClN2O2/c20-17-6-2-1-5-15(17)13-21-12-9-18(22-10-3-4-11-22)16(14-21)7-8-19(23)24/h1-2,5-6,16,18H,3-4,7-14H2,(H,23,24)/t16-,18+/m1/s1. The molecule has 132 valence electrons. The zero-order valence-corrected chi connectivity index (χ0v) is 14.9. The molecule has 24 heavy (non-hydrogen) atoms. The molecule has 0 aromatic heterocycles. The summed E-state index contributed by atoms with van der Waals surface area (Å²) in [4.78, 5) is 16.1. The van der Waals surface area contributed by atoms with Crippen molar-refractivity contribution in [3.05, 3.63) is 34.9 Å². The van der Waals surface area contributed by atoms with E-state index in [2.05, 4.69) is 15.9 Å². The zero-order valence-electron chi connectivity index (χ0n) is 14.2. The minimum absolute atomic E-state index is 0.273. The van der Waals surface area contributed by atoms with Crippen LogP contribution in [-0.4, -0.2) is 53.1 Å². The first-order valence-corrected chi connectivity index (χ1v) is 9.43. The largest absolute Gasteiger partial charge is 0.481 e. The number of piperidine rings is 1. The minimum Gasteiger partial charge on any atom is -0.481 e. The van der Waals surface area contributed by atoms with Crippen molar-refractivity contribution in [2.75, 3.05) is 26.2 Å². The van der Waals surface area contributed by atoms with E-state index in [1.54, 1.807) is 0 Å². The van der Waals surface area contributed by atoms with Crippen molar-refractivity contribution in [2.24, 2.45) is 5.92 Å². The SMILES string of the molecule is O=C(O)CC[C@@H]1CN(Cc2ccccc2Cl)CC[C@@H]1N1CCCC1. The first-order valence-electron chi connectivity index (χ1n) is 9.05. The number of rotatable bonds is 6. The summed E-state index contributed by atoms with van der Waals surface area (Å²) in [6.07, 6.45) is 4.75. The Morgan fingerprint density at radius 1 is 1.21 bits per heavy atom. The molecule has 2 aliphatic heterocycles. The van der Waals surface area contributed by atoms with Crippen LogP contribution in [0.25, 0.3) is 0 Å². The predicted molar refractivity (Wildman–Crippen MR) is 96.3 cm³/mol. The van der Waals surface area contributed by atoms with Gasteiger partial charge in [-0.2, -0.15) is 0 Å². The molecule has 0 spiro atoms. The molecule has 4 nitrogen and oxygen atoms in total. The number of hydrogen-bond acceptors (Lipinski definition) is 3. The van der Waals surface area contributed by atoms with Crippen LogP contribution in [-0.2, 0) is 11.3 Å². The molecule has 5 heteroatoms. The number of carboxylic acids is 1. The second-order valence-electron chi connectivity index (χ2n) is 7.12. The molecule has 2 atom stereocenters.